The van der Waals surface area contributed by atoms with Crippen LogP contribution < -0.4 is 10.6 Å². The highest BCUT2D eigenvalue weighted by Crippen LogP contribution is 2.18. The van der Waals surface area contributed by atoms with Crippen molar-refractivity contribution in [2.45, 2.75) is 26.7 Å². The maximum Gasteiger partial charge on any atom is 0.116 e. The molecule has 4 rings (SSSR count). The molecule has 31 heavy (non-hydrogen) atoms. The molecule has 6 heteroatoms. The predicted octanol–water partition coefficient (Wildman–Crippen LogP) is 4.15. The van der Waals surface area contributed by atoms with Gasteiger partial charge in [0.25, 0.3) is 0 Å². The zero-order chi connectivity index (χ0) is 22.1. The summed E-state index contributed by atoms with van der Waals surface area (Å²) >= 11 is 0. The second-order valence-electron chi connectivity index (χ2n) is 8.45. The summed E-state index contributed by atoms with van der Waals surface area (Å²) in [5.74, 6) is 0.721. The van der Waals surface area contributed by atoms with E-state index in [2.05, 4.69) is 69.9 Å². The lowest BCUT2D eigenvalue weighted by atomic mass is 10.1. The van der Waals surface area contributed by atoms with E-state index in [1.165, 1.54) is 12.1 Å². The molecule has 2 aromatic heterocycles. The number of rotatable bonds is 5. The lowest BCUT2D eigenvalue weighted by Gasteiger charge is -2.34. The Labute approximate surface area is 186 Å². The number of hydrogen-bond donors (Lipinski definition) is 1. The van der Waals surface area contributed by atoms with E-state index in [0.29, 0.717) is 0 Å². The van der Waals surface area contributed by atoms with Crippen LogP contribution in [0.5, 0.6) is 0 Å². The Morgan fingerprint density at radius 2 is 1.68 bits per heavy atom. The maximum absolute atomic E-state index is 5.65. The number of piperazine rings is 1. The summed E-state index contributed by atoms with van der Waals surface area (Å²) in [5.41, 5.74) is 10.9. The number of nitrogens with zero attached hydrogens (tertiary/aromatic N) is 5. The summed E-state index contributed by atoms with van der Waals surface area (Å²) in [6.45, 7) is 8.97. The molecule has 0 saturated carbocycles. The molecule has 0 amide bonds. The molecule has 3 aromatic rings. The molecule has 0 unspecified atom stereocenters. The van der Waals surface area contributed by atoms with Gasteiger partial charge in [0.2, 0.25) is 0 Å². The normalized spacial score (nSPS) is 14.3. The minimum atomic E-state index is 0.721. The predicted molar refractivity (Wildman–Crippen MR) is 129 cm³/mol. The first-order chi connectivity index (χ1) is 15.0. The number of likely N-dealkylation sites (N-methyl/N-ethyl adjacent to an activating group) is 1. The van der Waals surface area contributed by atoms with Crippen molar-refractivity contribution < 1.29 is 0 Å². The minimum Gasteiger partial charge on any atom is -0.399 e. The van der Waals surface area contributed by atoms with E-state index >= 15 is 0 Å². The molecule has 6 nitrogen and oxygen atoms in total. The zero-order valence-corrected chi connectivity index (χ0v) is 18.9. The Hall–Kier alpha value is -2.99. The van der Waals surface area contributed by atoms with Crippen molar-refractivity contribution in [3.63, 3.8) is 0 Å². The van der Waals surface area contributed by atoms with Gasteiger partial charge in [0.05, 0.1) is 5.69 Å². The SMILES string of the molecule is CC(C)CCc1ccc(-c2ccncn2)cn1.CN1CCN(c2ccc(N)cc2)CC1. The lowest BCUT2D eigenvalue weighted by molar-refractivity contribution is 0.313. The zero-order valence-electron chi connectivity index (χ0n) is 18.9. The second kappa shape index (κ2) is 11.4. The van der Waals surface area contributed by atoms with Crippen molar-refractivity contribution in [3.05, 3.63) is 66.9 Å². The van der Waals surface area contributed by atoms with E-state index in [9.17, 15) is 0 Å². The molecule has 0 radical (unpaired) electrons. The Morgan fingerprint density at radius 3 is 2.26 bits per heavy atom. The standard InChI is InChI=1S/C14H17N3.C11H17N3/c1-11(2)3-5-13-6-4-12(9-16-13)14-7-8-15-10-17-14;1-13-6-8-14(9-7-13)11-4-2-10(12)3-5-11/h4,6-11H,3,5H2,1-2H3;2-5H,6-9,12H2,1H3. The first-order valence-corrected chi connectivity index (χ1v) is 11.0. The molecule has 1 aromatic carbocycles. The molecule has 0 bridgehead atoms. The summed E-state index contributed by atoms with van der Waals surface area (Å²) < 4.78 is 0. The van der Waals surface area contributed by atoms with Crippen LogP contribution in [0.2, 0.25) is 0 Å². The third-order valence-electron chi connectivity index (χ3n) is 5.44. The average molecular weight is 419 g/mol. The van der Waals surface area contributed by atoms with E-state index < -0.39 is 0 Å². The molecule has 0 spiro atoms. The Balaban J connectivity index is 0.000000179. The smallest absolute Gasteiger partial charge is 0.116 e. The molecule has 1 aliphatic heterocycles. The fraction of sp³-hybridized carbons (Fsp3) is 0.400. The fourth-order valence-corrected chi connectivity index (χ4v) is 3.37. The van der Waals surface area contributed by atoms with E-state index in [4.69, 9.17) is 5.73 Å². The monoisotopic (exact) mass is 418 g/mol. The molecular weight excluding hydrogens is 384 g/mol. The number of nitrogens with two attached hydrogens (primary N) is 1. The summed E-state index contributed by atoms with van der Waals surface area (Å²) in [5, 5.41) is 0. The van der Waals surface area contributed by atoms with E-state index in [-0.39, 0.29) is 0 Å². The summed E-state index contributed by atoms with van der Waals surface area (Å²) in [6.07, 6.45) is 7.41. The Kier molecular flexibility index (Phi) is 8.35. The van der Waals surface area contributed by atoms with Crippen molar-refractivity contribution in [3.8, 4) is 11.3 Å². The van der Waals surface area contributed by atoms with Gasteiger partial charge in [-0.15, -0.1) is 0 Å². The molecule has 1 fully saturated rings. The number of benzene rings is 1. The highest BCUT2D eigenvalue weighted by atomic mass is 15.2. The molecule has 0 atom stereocenters. The van der Waals surface area contributed by atoms with Gasteiger partial charge in [-0.25, -0.2) is 9.97 Å². The van der Waals surface area contributed by atoms with Crippen LogP contribution in [0.15, 0.2) is 61.2 Å². The van der Waals surface area contributed by atoms with Gasteiger partial charge < -0.3 is 15.5 Å². The molecule has 1 aliphatic rings. The molecule has 3 heterocycles. The fourth-order valence-electron chi connectivity index (χ4n) is 3.37. The van der Waals surface area contributed by atoms with Crippen LogP contribution in [-0.2, 0) is 6.42 Å². The first-order valence-electron chi connectivity index (χ1n) is 11.0. The van der Waals surface area contributed by atoms with Crippen molar-refractivity contribution in [1.29, 1.82) is 0 Å². The van der Waals surface area contributed by atoms with Gasteiger partial charge in [0, 0.05) is 61.2 Å². The maximum atomic E-state index is 5.65. The Bertz CT molecular complexity index is 886. The topological polar surface area (TPSA) is 71.2 Å². The van der Waals surface area contributed by atoms with Gasteiger partial charge in [-0.3, -0.25) is 4.98 Å². The van der Waals surface area contributed by atoms with Crippen LogP contribution in [0.4, 0.5) is 11.4 Å². The molecule has 2 N–H and O–H groups in total. The lowest BCUT2D eigenvalue weighted by Crippen LogP contribution is -2.44. The van der Waals surface area contributed by atoms with Crippen LogP contribution in [0.3, 0.4) is 0 Å². The molecule has 0 aliphatic carbocycles. The van der Waals surface area contributed by atoms with E-state index in [1.54, 1.807) is 12.5 Å². The van der Waals surface area contributed by atoms with E-state index in [0.717, 1.165) is 61.2 Å². The number of aryl methyl sites for hydroxylation is 1. The van der Waals surface area contributed by atoms with Gasteiger partial charge in [-0.1, -0.05) is 13.8 Å². The van der Waals surface area contributed by atoms with Crippen LogP contribution in [0.25, 0.3) is 11.3 Å². The first kappa shape index (κ1) is 22.7. The van der Waals surface area contributed by atoms with Crippen molar-refractivity contribution in [2.75, 3.05) is 43.9 Å². The number of pyridine rings is 1. The number of nitrogen functional groups attached to an aromatic ring is 1. The summed E-state index contributed by atoms with van der Waals surface area (Å²) in [6, 6.07) is 14.2. The van der Waals surface area contributed by atoms with Gasteiger partial charge in [-0.05, 0) is 68.3 Å². The average Bonchev–Trinajstić information content (AvgIpc) is 2.80. The van der Waals surface area contributed by atoms with Gasteiger partial charge in [0.15, 0.2) is 0 Å². The summed E-state index contributed by atoms with van der Waals surface area (Å²) in [7, 11) is 2.17. The van der Waals surface area contributed by atoms with Crippen LogP contribution in [0.1, 0.15) is 26.0 Å². The molecule has 164 valence electrons. The number of anilines is 2. The van der Waals surface area contributed by atoms with Crippen molar-refractivity contribution in [1.82, 2.24) is 19.9 Å². The number of hydrogen-bond acceptors (Lipinski definition) is 6. The van der Waals surface area contributed by atoms with Crippen LogP contribution >= 0.6 is 0 Å². The molecule has 1 saturated heterocycles. The van der Waals surface area contributed by atoms with E-state index in [1.807, 2.05) is 24.4 Å². The second-order valence-corrected chi connectivity index (χ2v) is 8.45. The third-order valence-corrected chi connectivity index (χ3v) is 5.44. The van der Waals surface area contributed by atoms with Gasteiger partial charge in [-0.2, -0.15) is 0 Å². The van der Waals surface area contributed by atoms with Gasteiger partial charge in [0.1, 0.15) is 6.33 Å². The highest BCUT2D eigenvalue weighted by Gasteiger charge is 2.13. The minimum absolute atomic E-state index is 0.721. The van der Waals surface area contributed by atoms with Crippen molar-refractivity contribution in [2.24, 2.45) is 5.92 Å². The third kappa shape index (κ3) is 7.33. The highest BCUT2D eigenvalue weighted by molar-refractivity contribution is 5.57. The number of aromatic nitrogens is 3. The van der Waals surface area contributed by atoms with Gasteiger partial charge >= 0.3 is 0 Å². The Morgan fingerprint density at radius 1 is 0.935 bits per heavy atom. The van der Waals surface area contributed by atoms with Crippen LogP contribution in [0, 0.1) is 5.92 Å². The van der Waals surface area contributed by atoms with Crippen LogP contribution in [-0.4, -0.2) is 53.1 Å². The van der Waals surface area contributed by atoms with Crippen molar-refractivity contribution >= 4 is 11.4 Å². The largest absolute Gasteiger partial charge is 0.399 e. The summed E-state index contributed by atoms with van der Waals surface area (Å²) in [4.78, 5) is 17.3. The molecular formula is C25H34N6. The quantitative estimate of drug-likeness (QED) is 0.628.